The van der Waals surface area contributed by atoms with E-state index in [1.807, 2.05) is 12.1 Å². The first kappa shape index (κ1) is 18.0. The van der Waals surface area contributed by atoms with Crippen molar-refractivity contribution in [3.63, 3.8) is 0 Å². The van der Waals surface area contributed by atoms with Crippen molar-refractivity contribution in [1.29, 1.82) is 0 Å². The summed E-state index contributed by atoms with van der Waals surface area (Å²) in [5.74, 6) is 0.988. The van der Waals surface area contributed by atoms with Crippen LogP contribution in [0.15, 0.2) is 59.2 Å². The highest BCUT2D eigenvalue weighted by molar-refractivity contribution is 5.92. The third-order valence-corrected chi connectivity index (χ3v) is 4.76. The molecule has 4 rings (SSSR count). The molecule has 1 aliphatic heterocycles. The Bertz CT molecular complexity index is 886. The summed E-state index contributed by atoms with van der Waals surface area (Å²) in [5, 5.41) is 14.1. The van der Waals surface area contributed by atoms with Gasteiger partial charge in [0.25, 0.3) is 5.91 Å². The lowest BCUT2D eigenvalue weighted by molar-refractivity contribution is 0.0942. The van der Waals surface area contributed by atoms with Gasteiger partial charge in [-0.25, -0.2) is 0 Å². The van der Waals surface area contributed by atoms with Crippen LogP contribution in [0.3, 0.4) is 0 Å². The molecule has 1 aromatic carbocycles. The molecule has 3 aromatic rings. The summed E-state index contributed by atoms with van der Waals surface area (Å²) in [4.78, 5) is 14.5. The van der Waals surface area contributed by atoms with E-state index in [1.54, 1.807) is 30.5 Å². The molecule has 1 saturated heterocycles. The molecule has 144 valence electrons. The standard InChI is InChI=1S/C21H23N5O2/c27-21(22-15-18-5-4-14-28-18)19-10-11-20(25-24-19)23-16-6-8-17(9-7-16)26-12-2-1-3-13-26/h4-11,14H,1-3,12-13,15H2,(H,22,27)(H,23,25). The Morgan fingerprint density at radius 2 is 1.82 bits per heavy atom. The Kier molecular flexibility index (Phi) is 5.51. The zero-order valence-corrected chi connectivity index (χ0v) is 15.6. The number of rotatable bonds is 6. The lowest BCUT2D eigenvalue weighted by atomic mass is 10.1. The van der Waals surface area contributed by atoms with E-state index < -0.39 is 0 Å². The van der Waals surface area contributed by atoms with Gasteiger partial charge in [0.2, 0.25) is 0 Å². The summed E-state index contributed by atoms with van der Waals surface area (Å²) in [6.45, 7) is 2.57. The molecular formula is C21H23N5O2. The molecule has 0 aliphatic carbocycles. The maximum atomic E-state index is 12.1. The van der Waals surface area contributed by atoms with Crippen LogP contribution in [0.25, 0.3) is 0 Å². The normalized spacial score (nSPS) is 13.9. The highest BCUT2D eigenvalue weighted by atomic mass is 16.3. The van der Waals surface area contributed by atoms with Crippen LogP contribution in [-0.2, 0) is 6.54 Å². The fourth-order valence-electron chi connectivity index (χ4n) is 3.25. The van der Waals surface area contributed by atoms with Crippen molar-refractivity contribution in [2.45, 2.75) is 25.8 Å². The molecule has 1 amide bonds. The van der Waals surface area contributed by atoms with Crippen LogP contribution in [-0.4, -0.2) is 29.2 Å². The minimum Gasteiger partial charge on any atom is -0.467 e. The maximum absolute atomic E-state index is 12.1. The number of aromatic nitrogens is 2. The van der Waals surface area contributed by atoms with Crippen LogP contribution >= 0.6 is 0 Å². The molecule has 7 nitrogen and oxygen atoms in total. The van der Waals surface area contributed by atoms with Gasteiger partial charge in [-0.2, -0.15) is 0 Å². The zero-order valence-electron chi connectivity index (χ0n) is 15.6. The number of benzene rings is 1. The summed E-state index contributed by atoms with van der Waals surface area (Å²) in [5.41, 5.74) is 2.45. The van der Waals surface area contributed by atoms with Crippen LogP contribution < -0.4 is 15.5 Å². The van der Waals surface area contributed by atoms with Gasteiger partial charge in [-0.15, -0.1) is 10.2 Å². The number of anilines is 3. The first-order valence-electron chi connectivity index (χ1n) is 9.54. The van der Waals surface area contributed by atoms with E-state index in [0.29, 0.717) is 18.1 Å². The minimum absolute atomic E-state index is 0.262. The second-order valence-corrected chi connectivity index (χ2v) is 6.79. The third-order valence-electron chi connectivity index (χ3n) is 4.76. The van der Waals surface area contributed by atoms with Gasteiger partial charge in [-0.1, -0.05) is 0 Å². The van der Waals surface area contributed by atoms with Gasteiger partial charge in [0.15, 0.2) is 11.5 Å². The Hall–Kier alpha value is -3.35. The largest absolute Gasteiger partial charge is 0.467 e. The van der Waals surface area contributed by atoms with Gasteiger partial charge in [0.05, 0.1) is 12.8 Å². The highest BCUT2D eigenvalue weighted by Gasteiger charge is 2.11. The van der Waals surface area contributed by atoms with Crippen LogP contribution in [0.2, 0.25) is 0 Å². The second kappa shape index (κ2) is 8.56. The fraction of sp³-hybridized carbons (Fsp3) is 0.286. The molecule has 2 aromatic heterocycles. The number of nitrogens with zero attached hydrogens (tertiary/aromatic N) is 3. The van der Waals surface area contributed by atoms with Crippen LogP contribution in [0.4, 0.5) is 17.2 Å². The van der Waals surface area contributed by atoms with E-state index in [-0.39, 0.29) is 11.6 Å². The minimum atomic E-state index is -0.290. The van der Waals surface area contributed by atoms with Crippen molar-refractivity contribution in [2.75, 3.05) is 23.3 Å². The molecule has 0 unspecified atom stereocenters. The molecule has 0 radical (unpaired) electrons. The molecule has 0 bridgehead atoms. The predicted molar refractivity (Wildman–Crippen MR) is 108 cm³/mol. The first-order chi connectivity index (χ1) is 13.8. The van der Waals surface area contributed by atoms with Crippen LogP contribution in [0, 0.1) is 0 Å². The molecule has 2 N–H and O–H groups in total. The van der Waals surface area contributed by atoms with E-state index in [1.165, 1.54) is 24.9 Å². The molecule has 1 fully saturated rings. The van der Waals surface area contributed by atoms with E-state index in [0.717, 1.165) is 18.8 Å². The molecule has 0 saturated carbocycles. The summed E-state index contributed by atoms with van der Waals surface area (Å²) < 4.78 is 5.19. The SMILES string of the molecule is O=C(NCc1ccco1)c1ccc(Nc2ccc(N3CCCCC3)cc2)nn1. The number of carbonyl (C=O) groups is 1. The second-order valence-electron chi connectivity index (χ2n) is 6.79. The van der Waals surface area contributed by atoms with Crippen LogP contribution in [0.1, 0.15) is 35.5 Å². The monoisotopic (exact) mass is 377 g/mol. The van der Waals surface area contributed by atoms with Gasteiger partial charge >= 0.3 is 0 Å². The summed E-state index contributed by atoms with van der Waals surface area (Å²) in [6, 6.07) is 15.3. The third kappa shape index (κ3) is 4.49. The summed E-state index contributed by atoms with van der Waals surface area (Å²) in [6.07, 6.45) is 5.42. The molecule has 3 heterocycles. The number of hydrogen-bond donors (Lipinski definition) is 2. The molecular weight excluding hydrogens is 354 g/mol. The van der Waals surface area contributed by atoms with Gasteiger partial charge in [-0.05, 0) is 67.8 Å². The van der Waals surface area contributed by atoms with Gasteiger partial charge in [0, 0.05) is 24.5 Å². The predicted octanol–water partition coefficient (Wildman–Crippen LogP) is 3.73. The lowest BCUT2D eigenvalue weighted by Crippen LogP contribution is -2.29. The zero-order chi connectivity index (χ0) is 19.2. The van der Waals surface area contributed by atoms with Gasteiger partial charge in [-0.3, -0.25) is 4.79 Å². The molecule has 1 aliphatic rings. The number of hydrogen-bond acceptors (Lipinski definition) is 6. The molecule has 0 spiro atoms. The van der Waals surface area contributed by atoms with E-state index in [2.05, 4.69) is 37.9 Å². The van der Waals surface area contributed by atoms with E-state index in [9.17, 15) is 4.79 Å². The number of carbonyl (C=O) groups excluding carboxylic acids is 1. The van der Waals surface area contributed by atoms with Crippen molar-refractivity contribution in [3.05, 3.63) is 66.2 Å². The van der Waals surface area contributed by atoms with Crippen molar-refractivity contribution in [2.24, 2.45) is 0 Å². The van der Waals surface area contributed by atoms with Crippen LogP contribution in [0.5, 0.6) is 0 Å². The number of nitrogens with one attached hydrogen (secondary N) is 2. The van der Waals surface area contributed by atoms with Gasteiger partial charge < -0.3 is 20.0 Å². The average Bonchev–Trinajstić information content (AvgIpc) is 3.27. The molecule has 28 heavy (non-hydrogen) atoms. The lowest BCUT2D eigenvalue weighted by Gasteiger charge is -2.28. The number of amides is 1. The summed E-state index contributed by atoms with van der Waals surface area (Å²) >= 11 is 0. The maximum Gasteiger partial charge on any atom is 0.272 e. The Labute approximate surface area is 163 Å². The highest BCUT2D eigenvalue weighted by Crippen LogP contribution is 2.23. The molecule has 0 atom stereocenters. The number of piperidine rings is 1. The Morgan fingerprint density at radius 3 is 2.50 bits per heavy atom. The quantitative estimate of drug-likeness (QED) is 0.681. The van der Waals surface area contributed by atoms with E-state index in [4.69, 9.17) is 4.42 Å². The smallest absolute Gasteiger partial charge is 0.272 e. The van der Waals surface area contributed by atoms with Crippen molar-refractivity contribution in [3.8, 4) is 0 Å². The number of furan rings is 1. The summed E-state index contributed by atoms with van der Waals surface area (Å²) in [7, 11) is 0. The van der Waals surface area contributed by atoms with Gasteiger partial charge in [0.1, 0.15) is 5.76 Å². The average molecular weight is 377 g/mol. The fourth-order valence-corrected chi connectivity index (χ4v) is 3.25. The van der Waals surface area contributed by atoms with Crippen molar-refractivity contribution in [1.82, 2.24) is 15.5 Å². The first-order valence-corrected chi connectivity index (χ1v) is 9.54. The van der Waals surface area contributed by atoms with Crippen molar-refractivity contribution < 1.29 is 9.21 Å². The topological polar surface area (TPSA) is 83.3 Å². The molecule has 7 heteroatoms. The van der Waals surface area contributed by atoms with E-state index >= 15 is 0 Å². The Balaban J connectivity index is 1.33. The van der Waals surface area contributed by atoms with Crippen molar-refractivity contribution >= 4 is 23.1 Å². The Morgan fingerprint density at radius 1 is 1.00 bits per heavy atom.